The van der Waals surface area contributed by atoms with Gasteiger partial charge in [0.25, 0.3) is 0 Å². The highest BCUT2D eigenvalue weighted by atomic mass is 35.5. The van der Waals surface area contributed by atoms with E-state index in [1.807, 2.05) is 18.2 Å². The first-order valence-corrected chi connectivity index (χ1v) is 10.1. The monoisotopic (exact) mass is 403 g/mol. The molecular formula is C21H23Cl2N3O. The van der Waals surface area contributed by atoms with Gasteiger partial charge in [0.05, 0.1) is 28.8 Å². The van der Waals surface area contributed by atoms with E-state index >= 15 is 0 Å². The number of benzene rings is 2. The molecule has 0 unspecified atom stereocenters. The van der Waals surface area contributed by atoms with Gasteiger partial charge in [-0.1, -0.05) is 47.5 Å². The molecule has 2 aromatic carbocycles. The van der Waals surface area contributed by atoms with Gasteiger partial charge >= 0.3 is 0 Å². The van der Waals surface area contributed by atoms with E-state index in [4.69, 9.17) is 23.2 Å². The fraction of sp³-hybridized carbons (Fsp3) is 0.381. The SMILES string of the molecule is O=C(CN1CCN(c2cccc(Cl)c2Cl)CC1)CN1CCc2ccccc21. The molecule has 2 aliphatic heterocycles. The Bertz CT molecular complexity index is 834. The number of fused-ring (bicyclic) bond motifs is 1. The van der Waals surface area contributed by atoms with Crippen LogP contribution in [0, 0.1) is 0 Å². The van der Waals surface area contributed by atoms with Gasteiger partial charge in [-0.15, -0.1) is 0 Å². The Labute approximate surface area is 170 Å². The summed E-state index contributed by atoms with van der Waals surface area (Å²) in [5, 5.41) is 1.19. The summed E-state index contributed by atoms with van der Waals surface area (Å²) in [7, 11) is 0. The van der Waals surface area contributed by atoms with E-state index in [-0.39, 0.29) is 5.78 Å². The molecule has 4 nitrogen and oxygen atoms in total. The molecular weight excluding hydrogens is 381 g/mol. The standard InChI is InChI=1S/C21H23Cl2N3O/c22-18-5-3-7-20(21(18)23)25-12-10-24(11-13-25)14-17(27)15-26-9-8-16-4-1-2-6-19(16)26/h1-7H,8-15H2. The van der Waals surface area contributed by atoms with Gasteiger partial charge < -0.3 is 9.80 Å². The van der Waals surface area contributed by atoms with E-state index in [0.29, 0.717) is 23.1 Å². The number of ketones is 1. The Kier molecular flexibility index (Phi) is 5.58. The molecule has 4 rings (SSSR count). The van der Waals surface area contributed by atoms with Gasteiger partial charge in [0, 0.05) is 38.4 Å². The number of Topliss-reactive ketones (excluding diaryl/α,β-unsaturated/α-hetero) is 1. The second-order valence-corrected chi connectivity index (χ2v) is 7.96. The third-order valence-corrected chi connectivity index (χ3v) is 6.20. The van der Waals surface area contributed by atoms with E-state index < -0.39 is 0 Å². The largest absolute Gasteiger partial charge is 0.368 e. The molecule has 0 aromatic heterocycles. The molecule has 27 heavy (non-hydrogen) atoms. The van der Waals surface area contributed by atoms with Crippen molar-refractivity contribution in [3.63, 3.8) is 0 Å². The van der Waals surface area contributed by atoms with Crippen LogP contribution in [0.1, 0.15) is 5.56 Å². The fourth-order valence-corrected chi connectivity index (χ4v) is 4.38. The number of hydrogen-bond donors (Lipinski definition) is 0. The predicted molar refractivity (Wildman–Crippen MR) is 112 cm³/mol. The third-order valence-electron chi connectivity index (χ3n) is 5.39. The molecule has 0 atom stereocenters. The van der Waals surface area contributed by atoms with Gasteiger partial charge in [0.15, 0.2) is 5.78 Å². The first-order chi connectivity index (χ1) is 13.1. The van der Waals surface area contributed by atoms with Crippen LogP contribution in [-0.2, 0) is 11.2 Å². The normalized spacial score (nSPS) is 17.3. The lowest BCUT2D eigenvalue weighted by molar-refractivity contribution is -0.119. The maximum atomic E-state index is 12.6. The summed E-state index contributed by atoms with van der Waals surface area (Å²) < 4.78 is 0. The summed E-state index contributed by atoms with van der Waals surface area (Å²) in [6.07, 6.45) is 1.03. The number of piperazine rings is 1. The zero-order chi connectivity index (χ0) is 18.8. The van der Waals surface area contributed by atoms with Crippen molar-refractivity contribution in [3.8, 4) is 0 Å². The lowest BCUT2D eigenvalue weighted by Crippen LogP contribution is -2.49. The fourth-order valence-electron chi connectivity index (χ4n) is 3.97. The minimum absolute atomic E-state index is 0.279. The van der Waals surface area contributed by atoms with Crippen LogP contribution in [0.25, 0.3) is 0 Å². The Morgan fingerprint density at radius 1 is 0.852 bits per heavy atom. The van der Waals surface area contributed by atoms with E-state index in [1.54, 1.807) is 6.07 Å². The van der Waals surface area contributed by atoms with Crippen LogP contribution < -0.4 is 9.80 Å². The topological polar surface area (TPSA) is 26.8 Å². The molecule has 0 saturated carbocycles. The summed E-state index contributed by atoms with van der Waals surface area (Å²) in [5.74, 6) is 0.279. The number of para-hydroxylation sites is 1. The molecule has 1 saturated heterocycles. The van der Waals surface area contributed by atoms with Gasteiger partial charge in [-0.05, 0) is 30.2 Å². The Balaban J connectivity index is 1.29. The molecule has 0 aliphatic carbocycles. The van der Waals surface area contributed by atoms with Crippen LogP contribution in [0.2, 0.25) is 10.0 Å². The van der Waals surface area contributed by atoms with Crippen LogP contribution in [0.3, 0.4) is 0 Å². The summed E-state index contributed by atoms with van der Waals surface area (Å²) in [4.78, 5) is 19.3. The summed E-state index contributed by atoms with van der Waals surface area (Å²) in [6.45, 7) is 5.34. The Morgan fingerprint density at radius 3 is 2.41 bits per heavy atom. The minimum Gasteiger partial charge on any atom is -0.368 e. The van der Waals surface area contributed by atoms with E-state index in [2.05, 4.69) is 32.9 Å². The third kappa shape index (κ3) is 4.08. The van der Waals surface area contributed by atoms with Crippen molar-refractivity contribution >= 4 is 40.4 Å². The number of carbonyl (C=O) groups is 1. The van der Waals surface area contributed by atoms with E-state index in [1.165, 1.54) is 11.3 Å². The van der Waals surface area contributed by atoms with Gasteiger partial charge in [0.1, 0.15) is 0 Å². The molecule has 6 heteroatoms. The van der Waals surface area contributed by atoms with Crippen molar-refractivity contribution in [1.29, 1.82) is 0 Å². The molecule has 2 heterocycles. The second kappa shape index (κ2) is 8.09. The van der Waals surface area contributed by atoms with Crippen molar-refractivity contribution in [1.82, 2.24) is 4.90 Å². The van der Waals surface area contributed by atoms with Crippen LogP contribution in [0.4, 0.5) is 11.4 Å². The van der Waals surface area contributed by atoms with Crippen molar-refractivity contribution in [2.24, 2.45) is 0 Å². The molecule has 0 N–H and O–H groups in total. The molecule has 0 amide bonds. The highest BCUT2D eigenvalue weighted by Gasteiger charge is 2.24. The van der Waals surface area contributed by atoms with Crippen LogP contribution in [-0.4, -0.2) is 56.5 Å². The predicted octanol–water partition coefficient (Wildman–Crippen LogP) is 3.75. The number of carbonyl (C=O) groups excluding carboxylic acids is 1. The summed E-state index contributed by atoms with van der Waals surface area (Å²) >= 11 is 12.5. The summed E-state index contributed by atoms with van der Waals surface area (Å²) in [6, 6.07) is 14.1. The maximum Gasteiger partial charge on any atom is 0.166 e. The molecule has 0 radical (unpaired) electrons. The van der Waals surface area contributed by atoms with Crippen molar-refractivity contribution in [2.45, 2.75) is 6.42 Å². The van der Waals surface area contributed by atoms with E-state index in [0.717, 1.165) is 44.8 Å². The first kappa shape index (κ1) is 18.6. The highest BCUT2D eigenvalue weighted by molar-refractivity contribution is 6.43. The van der Waals surface area contributed by atoms with Crippen molar-refractivity contribution in [2.75, 3.05) is 55.6 Å². The second-order valence-electron chi connectivity index (χ2n) is 7.18. The number of anilines is 2. The first-order valence-electron chi connectivity index (χ1n) is 9.37. The molecule has 1 fully saturated rings. The molecule has 2 aromatic rings. The Morgan fingerprint density at radius 2 is 1.59 bits per heavy atom. The van der Waals surface area contributed by atoms with Gasteiger partial charge in [-0.3, -0.25) is 9.69 Å². The lowest BCUT2D eigenvalue weighted by atomic mass is 10.2. The molecule has 2 aliphatic rings. The average molecular weight is 404 g/mol. The smallest absolute Gasteiger partial charge is 0.166 e. The van der Waals surface area contributed by atoms with Gasteiger partial charge in [-0.2, -0.15) is 0 Å². The van der Waals surface area contributed by atoms with Gasteiger partial charge in [-0.25, -0.2) is 0 Å². The van der Waals surface area contributed by atoms with E-state index in [9.17, 15) is 4.79 Å². The van der Waals surface area contributed by atoms with Crippen molar-refractivity contribution in [3.05, 3.63) is 58.1 Å². The number of hydrogen-bond acceptors (Lipinski definition) is 4. The zero-order valence-corrected chi connectivity index (χ0v) is 16.7. The molecule has 142 valence electrons. The number of rotatable bonds is 5. The number of halogens is 2. The molecule has 0 bridgehead atoms. The zero-order valence-electron chi connectivity index (χ0n) is 15.2. The maximum absolute atomic E-state index is 12.6. The van der Waals surface area contributed by atoms with Crippen LogP contribution in [0.5, 0.6) is 0 Å². The summed E-state index contributed by atoms with van der Waals surface area (Å²) in [5.41, 5.74) is 3.53. The average Bonchev–Trinajstić information content (AvgIpc) is 3.08. The van der Waals surface area contributed by atoms with Gasteiger partial charge in [0.2, 0.25) is 0 Å². The molecule has 0 spiro atoms. The lowest BCUT2D eigenvalue weighted by Gasteiger charge is -2.36. The van der Waals surface area contributed by atoms with Crippen molar-refractivity contribution < 1.29 is 4.79 Å². The quantitative estimate of drug-likeness (QED) is 0.759. The Hall–Kier alpha value is -1.75. The number of nitrogens with zero attached hydrogens (tertiary/aromatic N) is 3. The van der Waals surface area contributed by atoms with Crippen LogP contribution >= 0.6 is 23.2 Å². The van der Waals surface area contributed by atoms with Crippen LogP contribution in [0.15, 0.2) is 42.5 Å². The highest BCUT2D eigenvalue weighted by Crippen LogP contribution is 2.33. The minimum atomic E-state index is 0.279.